The number of nitrogens with zero attached hydrogens (tertiary/aromatic N) is 3. The topological polar surface area (TPSA) is 30.7 Å². The Labute approximate surface area is 130 Å². The summed E-state index contributed by atoms with van der Waals surface area (Å²) in [6.45, 7) is 1.90. The number of hydrogen-bond donors (Lipinski definition) is 0. The molecule has 1 heterocycles. The SMILES string of the molecule is [B]C(C)n1nnc2c1-c1ccccc1C#Cc1ccccc1-2. The van der Waals surface area contributed by atoms with Crippen molar-refractivity contribution in [2.45, 2.75) is 12.9 Å². The van der Waals surface area contributed by atoms with Gasteiger partial charge in [-0.25, -0.2) is 0 Å². The maximum Gasteiger partial charge on any atom is 0.122 e. The first-order valence-electron chi connectivity index (χ1n) is 7.17. The molecule has 3 nitrogen and oxygen atoms in total. The molecule has 1 atom stereocenters. The van der Waals surface area contributed by atoms with E-state index in [9.17, 15) is 0 Å². The molecular weight excluding hydrogens is 269 g/mol. The average Bonchev–Trinajstić information content (AvgIpc) is 2.96. The highest BCUT2D eigenvalue weighted by molar-refractivity contribution is 6.10. The second-order valence-corrected chi connectivity index (χ2v) is 5.31. The lowest BCUT2D eigenvalue weighted by Crippen LogP contribution is -2.09. The summed E-state index contributed by atoms with van der Waals surface area (Å²) in [7, 11) is 6.07. The maximum atomic E-state index is 6.07. The van der Waals surface area contributed by atoms with Crippen molar-refractivity contribution in [1.29, 1.82) is 0 Å². The van der Waals surface area contributed by atoms with E-state index in [1.807, 2.05) is 55.5 Å². The molecule has 1 aliphatic carbocycles. The normalized spacial score (nSPS) is 12.8. The van der Waals surface area contributed by atoms with Crippen molar-refractivity contribution in [2.24, 2.45) is 0 Å². The van der Waals surface area contributed by atoms with E-state index >= 15 is 0 Å². The van der Waals surface area contributed by atoms with Gasteiger partial charge in [-0.15, -0.1) is 5.10 Å². The highest BCUT2D eigenvalue weighted by Gasteiger charge is 2.22. The summed E-state index contributed by atoms with van der Waals surface area (Å²) in [6, 6.07) is 16.0. The molecule has 4 rings (SSSR count). The summed E-state index contributed by atoms with van der Waals surface area (Å²) in [6.07, 6.45) is 0. The third kappa shape index (κ3) is 1.87. The van der Waals surface area contributed by atoms with E-state index in [-0.39, 0.29) is 5.94 Å². The first-order chi connectivity index (χ1) is 10.8. The molecule has 3 aromatic rings. The van der Waals surface area contributed by atoms with Crippen LogP contribution in [0.4, 0.5) is 0 Å². The van der Waals surface area contributed by atoms with Gasteiger partial charge in [0.05, 0.1) is 5.69 Å². The Morgan fingerprint density at radius 2 is 1.55 bits per heavy atom. The van der Waals surface area contributed by atoms with Gasteiger partial charge in [-0.2, -0.15) is 0 Å². The molecule has 0 saturated carbocycles. The zero-order valence-electron chi connectivity index (χ0n) is 12.1. The number of aromatic nitrogens is 3. The Morgan fingerprint density at radius 3 is 2.23 bits per heavy atom. The van der Waals surface area contributed by atoms with E-state index in [2.05, 4.69) is 22.2 Å². The molecule has 1 unspecified atom stereocenters. The van der Waals surface area contributed by atoms with Crippen LogP contribution in [0.2, 0.25) is 0 Å². The van der Waals surface area contributed by atoms with Gasteiger partial charge in [0.2, 0.25) is 0 Å². The molecule has 2 radical (unpaired) electrons. The van der Waals surface area contributed by atoms with Crippen LogP contribution in [0.5, 0.6) is 0 Å². The Kier molecular flexibility index (Phi) is 2.87. The van der Waals surface area contributed by atoms with Gasteiger partial charge >= 0.3 is 0 Å². The Hall–Kier alpha value is -2.80. The fraction of sp³-hybridized carbons (Fsp3) is 0.111. The highest BCUT2D eigenvalue weighted by atomic mass is 15.4. The van der Waals surface area contributed by atoms with Crippen LogP contribution in [0.1, 0.15) is 24.0 Å². The van der Waals surface area contributed by atoms with Crippen molar-refractivity contribution in [3.05, 3.63) is 59.7 Å². The minimum Gasteiger partial charge on any atom is -0.250 e. The smallest absolute Gasteiger partial charge is 0.122 e. The van der Waals surface area contributed by atoms with E-state index in [0.717, 1.165) is 33.6 Å². The molecule has 0 amide bonds. The Bertz CT molecular complexity index is 929. The zero-order valence-corrected chi connectivity index (χ0v) is 12.1. The summed E-state index contributed by atoms with van der Waals surface area (Å²) in [5, 5.41) is 8.65. The third-order valence-electron chi connectivity index (χ3n) is 3.78. The quantitative estimate of drug-likeness (QED) is 0.396. The molecule has 0 aliphatic heterocycles. The maximum absolute atomic E-state index is 6.07. The van der Waals surface area contributed by atoms with Crippen LogP contribution in [0.15, 0.2) is 48.5 Å². The Morgan fingerprint density at radius 1 is 0.955 bits per heavy atom. The van der Waals surface area contributed by atoms with Crippen molar-refractivity contribution in [3.63, 3.8) is 0 Å². The first kappa shape index (κ1) is 12.9. The largest absolute Gasteiger partial charge is 0.250 e. The molecule has 0 bridgehead atoms. The molecule has 4 heteroatoms. The number of hydrogen-bond acceptors (Lipinski definition) is 2. The number of benzene rings is 2. The standard InChI is InChI=1S/C18H12BN3/c1-12(19)22-18-16-9-5-3-7-14(16)11-10-13-6-2-4-8-15(13)17(18)20-21-22/h2-9,12H,1H3. The molecule has 0 saturated heterocycles. The molecule has 1 aliphatic rings. The first-order valence-corrected chi connectivity index (χ1v) is 7.17. The van der Waals surface area contributed by atoms with Crippen molar-refractivity contribution in [2.75, 3.05) is 0 Å². The molecule has 102 valence electrons. The van der Waals surface area contributed by atoms with Gasteiger partial charge in [0.25, 0.3) is 0 Å². The molecule has 0 fully saturated rings. The lowest BCUT2D eigenvalue weighted by Gasteiger charge is -2.15. The molecular formula is C18H12BN3. The lowest BCUT2D eigenvalue weighted by atomic mass is 9.93. The van der Waals surface area contributed by atoms with Gasteiger partial charge in [0, 0.05) is 28.2 Å². The highest BCUT2D eigenvalue weighted by Crippen LogP contribution is 2.36. The van der Waals surface area contributed by atoms with Crippen LogP contribution in [-0.2, 0) is 0 Å². The van der Waals surface area contributed by atoms with Crippen LogP contribution < -0.4 is 0 Å². The summed E-state index contributed by atoms with van der Waals surface area (Å²) in [4.78, 5) is 0. The Balaban J connectivity index is 2.15. The van der Waals surface area contributed by atoms with E-state index in [4.69, 9.17) is 7.85 Å². The van der Waals surface area contributed by atoms with E-state index in [0.29, 0.717) is 0 Å². The van der Waals surface area contributed by atoms with Crippen LogP contribution >= 0.6 is 0 Å². The minimum absolute atomic E-state index is 0.260. The summed E-state index contributed by atoms with van der Waals surface area (Å²) in [5.41, 5.74) is 5.67. The van der Waals surface area contributed by atoms with Crippen molar-refractivity contribution in [1.82, 2.24) is 15.0 Å². The minimum atomic E-state index is -0.260. The number of fused-ring (bicyclic) bond motifs is 5. The summed E-state index contributed by atoms with van der Waals surface area (Å²) >= 11 is 0. The fourth-order valence-electron chi connectivity index (χ4n) is 2.74. The van der Waals surface area contributed by atoms with E-state index < -0.39 is 0 Å². The second-order valence-electron chi connectivity index (χ2n) is 5.31. The van der Waals surface area contributed by atoms with Crippen LogP contribution in [0.25, 0.3) is 22.5 Å². The second kappa shape index (κ2) is 4.89. The summed E-state index contributed by atoms with van der Waals surface area (Å²) < 4.78 is 1.76. The van der Waals surface area contributed by atoms with Crippen molar-refractivity contribution >= 4 is 7.85 Å². The van der Waals surface area contributed by atoms with Gasteiger partial charge in [0.1, 0.15) is 13.5 Å². The molecule has 2 aromatic carbocycles. The van der Waals surface area contributed by atoms with Crippen LogP contribution in [0.3, 0.4) is 0 Å². The molecule has 0 spiro atoms. The molecule has 22 heavy (non-hydrogen) atoms. The molecule has 0 N–H and O–H groups in total. The third-order valence-corrected chi connectivity index (χ3v) is 3.78. The summed E-state index contributed by atoms with van der Waals surface area (Å²) in [5.74, 6) is 6.24. The zero-order chi connectivity index (χ0) is 15.1. The van der Waals surface area contributed by atoms with Crippen LogP contribution in [-0.4, -0.2) is 22.8 Å². The van der Waals surface area contributed by atoms with E-state index in [1.165, 1.54) is 0 Å². The van der Waals surface area contributed by atoms with Gasteiger partial charge < -0.3 is 0 Å². The molecule has 1 aromatic heterocycles. The van der Waals surface area contributed by atoms with Gasteiger partial charge in [-0.1, -0.05) is 60.4 Å². The van der Waals surface area contributed by atoms with Gasteiger partial charge in [-0.05, 0) is 12.1 Å². The lowest BCUT2D eigenvalue weighted by molar-refractivity contribution is 0.609. The average molecular weight is 281 g/mol. The predicted molar refractivity (Wildman–Crippen MR) is 87.3 cm³/mol. The van der Waals surface area contributed by atoms with Gasteiger partial charge in [-0.3, -0.25) is 4.68 Å². The monoisotopic (exact) mass is 281 g/mol. The van der Waals surface area contributed by atoms with Crippen LogP contribution in [0, 0.1) is 11.8 Å². The van der Waals surface area contributed by atoms with Crippen molar-refractivity contribution < 1.29 is 0 Å². The van der Waals surface area contributed by atoms with Gasteiger partial charge in [0.15, 0.2) is 0 Å². The predicted octanol–water partition coefficient (Wildman–Crippen LogP) is 3.01. The fourth-order valence-corrected chi connectivity index (χ4v) is 2.74. The number of rotatable bonds is 1. The van der Waals surface area contributed by atoms with Crippen molar-refractivity contribution in [3.8, 4) is 34.4 Å². The van der Waals surface area contributed by atoms with E-state index in [1.54, 1.807) is 4.68 Å².